The highest BCUT2D eigenvalue weighted by molar-refractivity contribution is 5.88. The van der Waals surface area contributed by atoms with Crippen molar-refractivity contribution in [2.24, 2.45) is 0 Å². The highest BCUT2D eigenvalue weighted by Gasteiger charge is 2.33. The van der Waals surface area contributed by atoms with E-state index in [0.717, 1.165) is 34.0 Å². The lowest BCUT2D eigenvalue weighted by molar-refractivity contribution is 0.474. The van der Waals surface area contributed by atoms with E-state index in [1.165, 1.54) is 17.7 Å². The summed E-state index contributed by atoms with van der Waals surface area (Å²) in [5, 5.41) is 10.9. The summed E-state index contributed by atoms with van der Waals surface area (Å²) in [6, 6.07) is 20.3. The molecule has 1 aromatic heterocycles. The number of para-hydroxylation sites is 1. The summed E-state index contributed by atoms with van der Waals surface area (Å²) < 4.78 is 13.6. The normalized spacial score (nSPS) is 13.6. The number of rotatable bonds is 4. The van der Waals surface area contributed by atoms with Crippen LogP contribution in [0.3, 0.4) is 0 Å². The van der Waals surface area contributed by atoms with E-state index in [9.17, 15) is 9.50 Å². The second-order valence-electron chi connectivity index (χ2n) is 7.07. The van der Waals surface area contributed by atoms with E-state index in [0.29, 0.717) is 0 Å². The molecule has 0 radical (unpaired) electrons. The summed E-state index contributed by atoms with van der Waals surface area (Å²) in [5.41, 5.74) is 5.08. The van der Waals surface area contributed by atoms with Gasteiger partial charge in [0.1, 0.15) is 11.6 Å². The number of aromatic nitrogens is 1. The van der Waals surface area contributed by atoms with Crippen molar-refractivity contribution < 1.29 is 9.50 Å². The summed E-state index contributed by atoms with van der Waals surface area (Å²) in [6.07, 6.45) is 3.00. The van der Waals surface area contributed by atoms with Gasteiger partial charge in [0.25, 0.3) is 0 Å². The van der Waals surface area contributed by atoms with Gasteiger partial charge in [0.15, 0.2) is 0 Å². The third kappa shape index (κ3) is 2.80. The minimum absolute atomic E-state index is 0.229. The fraction of sp³-hybridized carbons (Fsp3) is 0.167. The van der Waals surface area contributed by atoms with Crippen molar-refractivity contribution in [2.75, 3.05) is 0 Å². The number of phenolic OH excluding ortho intramolecular Hbond substituents is 1. The van der Waals surface area contributed by atoms with Crippen molar-refractivity contribution in [2.45, 2.75) is 25.7 Å². The molecule has 1 unspecified atom stereocenters. The fourth-order valence-corrected chi connectivity index (χ4v) is 3.98. The highest BCUT2D eigenvalue weighted by atomic mass is 19.1. The summed E-state index contributed by atoms with van der Waals surface area (Å²) in [5.74, 6) is -0.0218. The van der Waals surface area contributed by atoms with Crippen LogP contribution in [0.2, 0.25) is 0 Å². The lowest BCUT2D eigenvalue weighted by atomic mass is 9.71. The van der Waals surface area contributed by atoms with Crippen molar-refractivity contribution in [1.29, 1.82) is 0 Å². The van der Waals surface area contributed by atoms with E-state index in [-0.39, 0.29) is 11.6 Å². The van der Waals surface area contributed by atoms with Crippen LogP contribution < -0.4 is 0 Å². The zero-order chi connectivity index (χ0) is 19.0. The van der Waals surface area contributed by atoms with E-state index >= 15 is 0 Å². The Morgan fingerprint density at radius 2 is 1.56 bits per heavy atom. The molecule has 1 heterocycles. The number of hydrogen-bond donors (Lipinski definition) is 2. The molecule has 3 heteroatoms. The molecule has 2 N–H and O–H groups in total. The molecule has 0 saturated heterocycles. The maximum Gasteiger partial charge on any atom is 0.123 e. The van der Waals surface area contributed by atoms with E-state index in [1.807, 2.05) is 24.3 Å². The van der Waals surface area contributed by atoms with Gasteiger partial charge in [0.2, 0.25) is 0 Å². The van der Waals surface area contributed by atoms with Crippen LogP contribution in [0.1, 0.15) is 36.1 Å². The Kier molecular flexibility index (Phi) is 4.23. The number of aryl methyl sites for hydroxylation is 1. The van der Waals surface area contributed by atoms with E-state index in [1.54, 1.807) is 12.1 Å². The Morgan fingerprint density at radius 1 is 0.926 bits per heavy atom. The van der Waals surface area contributed by atoms with Crippen LogP contribution in [0.15, 0.2) is 72.9 Å². The first kappa shape index (κ1) is 17.3. The van der Waals surface area contributed by atoms with E-state index in [4.69, 9.17) is 0 Å². The zero-order valence-electron chi connectivity index (χ0n) is 15.5. The number of halogens is 1. The lowest BCUT2D eigenvalue weighted by Gasteiger charge is -2.31. The first-order valence-corrected chi connectivity index (χ1v) is 9.19. The number of fused-ring (bicyclic) bond motifs is 1. The van der Waals surface area contributed by atoms with Gasteiger partial charge in [-0.05, 0) is 59.9 Å². The summed E-state index contributed by atoms with van der Waals surface area (Å²) in [6.45, 7) is 4.29. The number of benzene rings is 3. The van der Waals surface area contributed by atoms with Gasteiger partial charge in [0.05, 0.1) is 0 Å². The van der Waals surface area contributed by atoms with Crippen molar-refractivity contribution in [1.82, 2.24) is 4.98 Å². The third-order valence-corrected chi connectivity index (χ3v) is 5.59. The Hall–Kier alpha value is -3.07. The van der Waals surface area contributed by atoms with Gasteiger partial charge in [-0.3, -0.25) is 0 Å². The average Bonchev–Trinajstić information content (AvgIpc) is 3.13. The summed E-state index contributed by atoms with van der Waals surface area (Å²) in [7, 11) is 0. The molecule has 27 heavy (non-hydrogen) atoms. The molecule has 0 spiro atoms. The second kappa shape index (κ2) is 6.58. The molecule has 136 valence electrons. The zero-order valence-corrected chi connectivity index (χ0v) is 15.5. The molecule has 2 nitrogen and oxygen atoms in total. The molecule has 0 aliphatic rings. The van der Waals surface area contributed by atoms with Gasteiger partial charge in [-0.15, -0.1) is 0 Å². The monoisotopic (exact) mass is 359 g/mol. The van der Waals surface area contributed by atoms with Crippen molar-refractivity contribution in [3.63, 3.8) is 0 Å². The first-order chi connectivity index (χ1) is 13.0. The van der Waals surface area contributed by atoms with Gasteiger partial charge in [-0.1, -0.05) is 49.4 Å². The quantitative estimate of drug-likeness (QED) is 0.465. The predicted molar refractivity (Wildman–Crippen MR) is 108 cm³/mol. The van der Waals surface area contributed by atoms with Gasteiger partial charge < -0.3 is 10.1 Å². The maximum absolute atomic E-state index is 13.6. The van der Waals surface area contributed by atoms with E-state index < -0.39 is 5.41 Å². The molecule has 3 aromatic carbocycles. The van der Waals surface area contributed by atoms with Crippen LogP contribution >= 0.6 is 0 Å². The predicted octanol–water partition coefficient (Wildman–Crippen LogP) is 5.93. The van der Waals surface area contributed by atoms with Crippen LogP contribution in [0, 0.1) is 5.82 Å². The minimum Gasteiger partial charge on any atom is -0.508 e. The third-order valence-electron chi connectivity index (χ3n) is 5.59. The number of hydrogen-bond acceptors (Lipinski definition) is 1. The minimum atomic E-state index is -0.494. The molecular weight excluding hydrogens is 337 g/mol. The Balaban J connectivity index is 2.02. The number of H-pyrrole nitrogens is 1. The number of phenols is 1. The molecule has 0 fully saturated rings. The van der Waals surface area contributed by atoms with Crippen LogP contribution in [-0.2, 0) is 11.8 Å². The largest absolute Gasteiger partial charge is 0.508 e. The van der Waals surface area contributed by atoms with Crippen molar-refractivity contribution in [3.05, 3.63) is 101 Å². The first-order valence-electron chi connectivity index (χ1n) is 9.19. The lowest BCUT2D eigenvalue weighted by Crippen LogP contribution is -2.25. The molecule has 1 atom stereocenters. The molecule has 0 amide bonds. The molecule has 0 aliphatic heterocycles. The SMILES string of the molecule is CCc1cccc2c(C(C)(c3ccc(O)cc3)c3ccc(F)cc3)c[nH]c12. The maximum atomic E-state index is 13.6. The van der Waals surface area contributed by atoms with Crippen LogP contribution in [-0.4, -0.2) is 10.1 Å². The van der Waals surface area contributed by atoms with Gasteiger partial charge in [-0.25, -0.2) is 4.39 Å². The summed E-state index contributed by atoms with van der Waals surface area (Å²) >= 11 is 0. The molecule has 0 aliphatic carbocycles. The highest BCUT2D eigenvalue weighted by Crippen LogP contribution is 2.42. The standard InChI is InChI=1S/C24H22FNO/c1-3-16-5-4-6-21-22(15-26-23(16)21)24(2,17-7-11-19(25)12-8-17)18-9-13-20(27)14-10-18/h4-15,26-27H,3H2,1-2H3. The van der Waals surface area contributed by atoms with Gasteiger partial charge >= 0.3 is 0 Å². The fourth-order valence-electron chi connectivity index (χ4n) is 3.98. The van der Waals surface area contributed by atoms with Crippen molar-refractivity contribution in [3.8, 4) is 5.75 Å². The Morgan fingerprint density at radius 3 is 2.19 bits per heavy atom. The number of aromatic hydroxyl groups is 1. The Labute approximate surface area is 158 Å². The van der Waals surface area contributed by atoms with E-state index in [2.05, 4.69) is 43.2 Å². The number of nitrogens with one attached hydrogen (secondary N) is 1. The van der Waals surface area contributed by atoms with Crippen LogP contribution in [0.5, 0.6) is 5.75 Å². The molecule has 4 rings (SSSR count). The number of aromatic amines is 1. The molecular formula is C24H22FNO. The average molecular weight is 359 g/mol. The van der Waals surface area contributed by atoms with Gasteiger partial charge in [0, 0.05) is 22.5 Å². The van der Waals surface area contributed by atoms with Crippen molar-refractivity contribution >= 4 is 10.9 Å². The Bertz CT molecular complexity index is 1030. The molecule has 0 saturated carbocycles. The van der Waals surface area contributed by atoms with Gasteiger partial charge in [-0.2, -0.15) is 0 Å². The second-order valence-corrected chi connectivity index (χ2v) is 7.07. The summed E-state index contributed by atoms with van der Waals surface area (Å²) in [4.78, 5) is 3.45. The van der Waals surface area contributed by atoms with Crippen LogP contribution in [0.25, 0.3) is 10.9 Å². The topological polar surface area (TPSA) is 36.0 Å². The smallest absolute Gasteiger partial charge is 0.123 e. The molecule has 0 bridgehead atoms. The molecule has 4 aromatic rings. The van der Waals surface area contributed by atoms with Crippen LogP contribution in [0.4, 0.5) is 4.39 Å².